The summed E-state index contributed by atoms with van der Waals surface area (Å²) >= 11 is 0. The molecule has 2 aromatic heterocycles. The molecule has 1 unspecified atom stereocenters. The summed E-state index contributed by atoms with van der Waals surface area (Å²) in [6, 6.07) is 0. The van der Waals surface area contributed by atoms with Crippen LogP contribution in [0.25, 0.3) is 11.2 Å². The van der Waals surface area contributed by atoms with Crippen LogP contribution >= 0.6 is 0 Å². The van der Waals surface area contributed by atoms with Gasteiger partial charge in [0.05, 0.1) is 12.9 Å². The summed E-state index contributed by atoms with van der Waals surface area (Å²) in [4.78, 5) is 24.8. The van der Waals surface area contributed by atoms with E-state index in [1.54, 1.807) is 0 Å². The highest BCUT2D eigenvalue weighted by atomic mass is 28.5. The minimum absolute atomic E-state index is 0.00126. The zero-order valence-electron chi connectivity index (χ0n) is 29.4. The molecule has 0 aliphatic carbocycles. The van der Waals surface area contributed by atoms with Gasteiger partial charge in [-0.2, -0.15) is 4.98 Å². The largest absolute Gasteiger partial charge is 0.414 e. The molecule has 0 spiro atoms. The van der Waals surface area contributed by atoms with Gasteiger partial charge in [-0.05, 0) is 28.1 Å². The highest BCUT2D eigenvalue weighted by molar-refractivity contribution is 6.84. The van der Waals surface area contributed by atoms with E-state index in [0.717, 1.165) is 0 Å². The molecular formula is C31H54FN5O5Si3. The fourth-order valence-electron chi connectivity index (χ4n) is 6.33. The third kappa shape index (κ3) is 6.77. The number of hydrogen-bond donors (Lipinski definition) is 2. The Morgan fingerprint density at radius 1 is 1.07 bits per heavy atom. The van der Waals surface area contributed by atoms with Crippen molar-refractivity contribution in [3.8, 4) is 11.5 Å². The Bertz CT molecular complexity index is 1460. The minimum Gasteiger partial charge on any atom is -0.414 e. The van der Waals surface area contributed by atoms with Crippen molar-refractivity contribution in [3.63, 3.8) is 0 Å². The fourth-order valence-corrected chi connectivity index (χ4v) is 18.1. The van der Waals surface area contributed by atoms with E-state index >= 15 is 4.39 Å². The monoisotopic (exact) mass is 679 g/mol. The molecule has 2 aliphatic heterocycles. The topological polar surface area (TPSA) is 113 Å². The number of anilines is 1. The van der Waals surface area contributed by atoms with Gasteiger partial charge in [-0.3, -0.25) is 14.3 Å². The maximum absolute atomic E-state index is 18.2. The Hall–Kier alpha value is -1.87. The average molecular weight is 680 g/mol. The van der Waals surface area contributed by atoms with Gasteiger partial charge < -0.3 is 23.0 Å². The first-order valence-electron chi connectivity index (χ1n) is 16.4. The molecule has 2 saturated heterocycles. The third-order valence-electron chi connectivity index (χ3n) is 8.73. The summed E-state index contributed by atoms with van der Waals surface area (Å²) in [5, 5.41) is 3.17. The second kappa shape index (κ2) is 13.0. The zero-order valence-corrected chi connectivity index (χ0v) is 32.4. The summed E-state index contributed by atoms with van der Waals surface area (Å²) in [6.45, 7) is 28.0. The van der Waals surface area contributed by atoms with Gasteiger partial charge in [-0.25, -0.2) is 9.37 Å². The Kier molecular flexibility index (Phi) is 10.4. The summed E-state index contributed by atoms with van der Waals surface area (Å²) < 4.78 is 47.7. The van der Waals surface area contributed by atoms with E-state index in [-0.39, 0.29) is 45.9 Å². The lowest BCUT2D eigenvalue weighted by Gasteiger charge is -2.51. The van der Waals surface area contributed by atoms with Crippen LogP contribution in [0.15, 0.2) is 11.1 Å². The van der Waals surface area contributed by atoms with Crippen molar-refractivity contribution in [2.75, 3.05) is 18.5 Å². The zero-order chi connectivity index (χ0) is 33.7. The van der Waals surface area contributed by atoms with Crippen molar-refractivity contribution in [1.82, 2.24) is 19.5 Å². The van der Waals surface area contributed by atoms with Crippen LogP contribution in [-0.2, 0) is 17.7 Å². The molecule has 2 aromatic rings. The lowest BCUT2D eigenvalue weighted by atomic mass is 9.97. The van der Waals surface area contributed by atoms with Crippen LogP contribution in [0, 0.1) is 17.4 Å². The molecule has 10 nitrogen and oxygen atoms in total. The van der Waals surface area contributed by atoms with Crippen LogP contribution in [0.2, 0.25) is 41.8 Å². The number of imidazole rings is 1. The molecule has 252 valence electrons. The molecule has 0 radical (unpaired) electrons. The number of fused-ring (bicyclic) bond motifs is 2. The third-order valence-corrected chi connectivity index (χ3v) is 19.8. The first kappa shape index (κ1) is 36.0. The SMILES string of the molecule is CC(C)CNc1nc2c(ncn2[C@@H]2O[C@@H]3CO[Si](C(C)C)(C(C)C)O[Si](C(C)C)(C(C)C)O[C@H]3C2(F)C#C[Si](C)(C)C)c(=O)[nH]1. The Morgan fingerprint density at radius 2 is 1.67 bits per heavy atom. The predicted molar refractivity (Wildman–Crippen MR) is 184 cm³/mol. The molecule has 0 amide bonds. The predicted octanol–water partition coefficient (Wildman–Crippen LogP) is 6.63. The van der Waals surface area contributed by atoms with Crippen molar-refractivity contribution >= 4 is 42.3 Å². The van der Waals surface area contributed by atoms with Gasteiger partial charge in [0.2, 0.25) is 11.6 Å². The summed E-state index contributed by atoms with van der Waals surface area (Å²) in [5.74, 6) is 3.64. The van der Waals surface area contributed by atoms with Crippen LogP contribution < -0.4 is 10.9 Å². The lowest BCUT2D eigenvalue weighted by molar-refractivity contribution is -0.0568. The number of ether oxygens (including phenoxy) is 1. The van der Waals surface area contributed by atoms with Gasteiger partial charge in [0.15, 0.2) is 17.4 Å². The number of alkyl halides is 1. The van der Waals surface area contributed by atoms with E-state index in [1.807, 2.05) is 0 Å². The molecule has 4 rings (SSSR count). The second-order valence-corrected chi connectivity index (χ2v) is 28.9. The first-order chi connectivity index (χ1) is 20.8. The molecule has 4 atom stereocenters. The van der Waals surface area contributed by atoms with Crippen LogP contribution in [0.3, 0.4) is 0 Å². The number of H-pyrrole nitrogens is 1. The van der Waals surface area contributed by atoms with Crippen molar-refractivity contribution in [2.24, 2.45) is 5.92 Å². The van der Waals surface area contributed by atoms with E-state index in [4.69, 9.17) is 17.7 Å². The molecule has 0 saturated carbocycles. The molecule has 45 heavy (non-hydrogen) atoms. The van der Waals surface area contributed by atoms with E-state index in [0.29, 0.717) is 12.5 Å². The Morgan fingerprint density at radius 3 is 2.20 bits per heavy atom. The normalized spacial score (nSPS) is 26.8. The highest BCUT2D eigenvalue weighted by Gasteiger charge is 2.66. The molecule has 0 bridgehead atoms. The number of aromatic amines is 1. The van der Waals surface area contributed by atoms with Gasteiger partial charge in [-0.15, -0.1) is 5.54 Å². The lowest BCUT2D eigenvalue weighted by Crippen LogP contribution is -2.66. The molecule has 2 aliphatic rings. The number of nitrogens with zero attached hydrogens (tertiary/aromatic N) is 3. The van der Waals surface area contributed by atoms with Crippen LogP contribution in [0.1, 0.15) is 75.5 Å². The van der Waals surface area contributed by atoms with E-state index in [9.17, 15) is 4.79 Å². The number of nitrogens with one attached hydrogen (secondary N) is 2. The Balaban J connectivity index is 1.94. The summed E-state index contributed by atoms with van der Waals surface area (Å²) in [5.41, 5.74) is 1.11. The van der Waals surface area contributed by atoms with Crippen molar-refractivity contribution in [1.29, 1.82) is 0 Å². The molecule has 0 aromatic carbocycles. The van der Waals surface area contributed by atoms with Crippen LogP contribution in [0.4, 0.5) is 10.3 Å². The molecular weight excluding hydrogens is 626 g/mol. The number of aromatic nitrogens is 4. The Labute approximate surface area is 271 Å². The van der Waals surface area contributed by atoms with E-state index in [2.05, 4.69) is 121 Å². The molecule has 4 heterocycles. The van der Waals surface area contributed by atoms with Crippen molar-refractivity contribution in [2.45, 2.75) is 135 Å². The maximum atomic E-state index is 18.2. The number of hydrogen-bond acceptors (Lipinski definition) is 8. The second-order valence-electron chi connectivity index (χ2n) is 15.3. The quantitative estimate of drug-likeness (QED) is 0.236. The number of halogens is 1. The molecule has 2 N–H and O–H groups in total. The average Bonchev–Trinajstić information content (AvgIpc) is 3.44. The summed E-state index contributed by atoms with van der Waals surface area (Å²) in [6.07, 6.45) is -1.73. The fraction of sp³-hybridized carbons (Fsp3) is 0.774. The molecule has 14 heteroatoms. The standard InChI is InChI=1S/C31H54FN5O5Si3/c1-19(2)16-33-30-35-27-25(28(38)36-30)34-18-37(27)29-31(32,14-15-43(11,12)13)26-24(40-29)17-39-44(20(3)4,21(5)6)42-45(41-26,22(7)8)23(9)10/h18-24,26,29H,16-17H2,1-13H3,(H2,33,35,36,38)/t24-,26-,29-,31?/m1/s1. The van der Waals surface area contributed by atoms with Crippen LogP contribution in [-0.4, -0.2) is 75.7 Å². The molecule has 2 fully saturated rings. The summed E-state index contributed by atoms with van der Waals surface area (Å²) in [7, 11) is -8.12. The van der Waals surface area contributed by atoms with Gasteiger partial charge in [0.25, 0.3) is 5.56 Å². The minimum atomic E-state index is -3.18. The van der Waals surface area contributed by atoms with Crippen LogP contribution in [0.5, 0.6) is 0 Å². The van der Waals surface area contributed by atoms with Crippen molar-refractivity contribution in [3.05, 3.63) is 16.7 Å². The van der Waals surface area contributed by atoms with Gasteiger partial charge in [0, 0.05) is 6.54 Å². The number of rotatable bonds is 8. The first-order valence-corrected chi connectivity index (χ1v) is 23.8. The highest BCUT2D eigenvalue weighted by Crippen LogP contribution is 2.52. The smallest absolute Gasteiger partial charge is 0.335 e. The van der Waals surface area contributed by atoms with E-state index in [1.165, 1.54) is 10.9 Å². The van der Waals surface area contributed by atoms with Gasteiger partial charge in [0.1, 0.15) is 20.3 Å². The van der Waals surface area contributed by atoms with E-state index < -0.39 is 54.9 Å². The van der Waals surface area contributed by atoms with Gasteiger partial charge in [-0.1, -0.05) is 94.8 Å². The maximum Gasteiger partial charge on any atom is 0.335 e. The van der Waals surface area contributed by atoms with Crippen molar-refractivity contribution < 1.29 is 22.1 Å². The van der Waals surface area contributed by atoms with Gasteiger partial charge >= 0.3 is 17.1 Å².